The molecule has 3 nitrogen and oxygen atoms in total. The maximum atomic E-state index is 12.7. The minimum atomic E-state index is -2.67. The molecule has 0 radical (unpaired) electrons. The highest BCUT2D eigenvalue weighted by atomic mass is 19.3. The van der Waals surface area contributed by atoms with E-state index in [0.717, 1.165) is 0 Å². The van der Waals surface area contributed by atoms with Gasteiger partial charge in [-0.05, 0) is 0 Å². The van der Waals surface area contributed by atoms with E-state index in [1.54, 1.807) is 6.92 Å². The first-order chi connectivity index (χ1) is 6.46. The Morgan fingerprint density at radius 3 is 2.21 bits per heavy atom. The predicted octanol–water partition coefficient (Wildman–Crippen LogP) is 1.22. The third-order valence-electron chi connectivity index (χ3n) is 2.34. The largest absolute Gasteiger partial charge is 0.336 e. The molecule has 5 heteroatoms. The molecule has 0 atom stereocenters. The fourth-order valence-electron chi connectivity index (χ4n) is 1.36. The van der Waals surface area contributed by atoms with Crippen molar-refractivity contribution >= 4 is 11.7 Å². The summed E-state index contributed by atoms with van der Waals surface area (Å²) in [5.41, 5.74) is 0. The van der Waals surface area contributed by atoms with E-state index < -0.39 is 17.6 Å². The highest BCUT2D eigenvalue weighted by Gasteiger charge is 2.36. The summed E-state index contributed by atoms with van der Waals surface area (Å²) in [4.78, 5) is 23.5. The van der Waals surface area contributed by atoms with Crippen LogP contribution in [0.15, 0.2) is 0 Å². The molecule has 1 heterocycles. The molecule has 1 aliphatic heterocycles. The molecule has 0 bridgehead atoms. The summed E-state index contributed by atoms with van der Waals surface area (Å²) in [6.45, 7) is 1.55. The van der Waals surface area contributed by atoms with Gasteiger partial charge in [0.25, 0.3) is 11.8 Å². The van der Waals surface area contributed by atoms with Gasteiger partial charge < -0.3 is 4.90 Å². The van der Waals surface area contributed by atoms with E-state index in [1.807, 2.05) is 0 Å². The third kappa shape index (κ3) is 2.49. The van der Waals surface area contributed by atoms with Crippen molar-refractivity contribution in [3.8, 4) is 0 Å². The van der Waals surface area contributed by atoms with Crippen LogP contribution in [0.25, 0.3) is 0 Å². The minimum absolute atomic E-state index is 0.0163. The molecule has 0 aliphatic carbocycles. The van der Waals surface area contributed by atoms with Crippen LogP contribution in [0.1, 0.15) is 26.2 Å². The summed E-state index contributed by atoms with van der Waals surface area (Å²) in [6.07, 6.45) is -0.544. The summed E-state index contributed by atoms with van der Waals surface area (Å²) in [5.74, 6) is -3.80. The van der Waals surface area contributed by atoms with Crippen LogP contribution in [0.4, 0.5) is 8.78 Å². The molecule has 1 rings (SSSR count). The Balaban J connectivity index is 2.50. The van der Waals surface area contributed by atoms with Gasteiger partial charge in [0, 0.05) is 32.4 Å². The lowest BCUT2D eigenvalue weighted by molar-refractivity contribution is -0.148. The molecular formula is C9H13F2NO2. The zero-order chi connectivity index (χ0) is 10.8. The summed E-state index contributed by atoms with van der Waals surface area (Å²) >= 11 is 0. The number of amides is 1. The molecule has 1 saturated heterocycles. The number of carbonyl (C=O) groups excluding carboxylic acids is 2. The van der Waals surface area contributed by atoms with Crippen molar-refractivity contribution in [2.45, 2.75) is 32.1 Å². The number of carbonyl (C=O) groups is 2. The molecule has 0 spiro atoms. The normalized spacial score (nSPS) is 20.6. The molecule has 0 saturated carbocycles. The van der Waals surface area contributed by atoms with E-state index in [1.165, 1.54) is 4.90 Å². The van der Waals surface area contributed by atoms with Crippen LogP contribution < -0.4 is 0 Å². The molecule has 1 amide bonds. The second-order valence-corrected chi connectivity index (χ2v) is 3.42. The second kappa shape index (κ2) is 4.02. The average Bonchev–Trinajstić information content (AvgIpc) is 2.15. The maximum absolute atomic E-state index is 12.7. The van der Waals surface area contributed by atoms with Gasteiger partial charge in [0.2, 0.25) is 5.78 Å². The number of rotatable bonds is 2. The Kier molecular flexibility index (Phi) is 3.18. The number of piperidine rings is 1. The van der Waals surface area contributed by atoms with Crippen LogP contribution in [0.5, 0.6) is 0 Å². The van der Waals surface area contributed by atoms with Crippen LogP contribution >= 0.6 is 0 Å². The highest BCUT2D eigenvalue weighted by Crippen LogP contribution is 2.27. The number of alkyl halides is 2. The molecular weight excluding hydrogens is 192 g/mol. The van der Waals surface area contributed by atoms with Gasteiger partial charge in [-0.1, -0.05) is 6.92 Å². The minimum Gasteiger partial charge on any atom is -0.336 e. The first-order valence-corrected chi connectivity index (χ1v) is 4.66. The van der Waals surface area contributed by atoms with Crippen molar-refractivity contribution in [3.63, 3.8) is 0 Å². The average molecular weight is 205 g/mol. The first kappa shape index (κ1) is 11.1. The number of nitrogens with zero attached hydrogens (tertiary/aromatic N) is 1. The van der Waals surface area contributed by atoms with E-state index in [-0.39, 0.29) is 32.4 Å². The zero-order valence-corrected chi connectivity index (χ0v) is 8.06. The number of hydrogen-bond acceptors (Lipinski definition) is 2. The first-order valence-electron chi connectivity index (χ1n) is 4.66. The molecule has 0 aromatic heterocycles. The van der Waals surface area contributed by atoms with Gasteiger partial charge in [-0.3, -0.25) is 9.59 Å². The molecule has 0 aromatic rings. The Hall–Kier alpha value is -1.00. The van der Waals surface area contributed by atoms with Crippen LogP contribution in [0.3, 0.4) is 0 Å². The number of Topliss-reactive ketones (excluding diaryl/α,β-unsaturated/α-hetero) is 1. The molecule has 1 aliphatic rings. The van der Waals surface area contributed by atoms with Gasteiger partial charge in [-0.15, -0.1) is 0 Å². The van der Waals surface area contributed by atoms with Gasteiger partial charge in [-0.25, -0.2) is 8.78 Å². The van der Waals surface area contributed by atoms with Crippen molar-refractivity contribution in [2.75, 3.05) is 13.1 Å². The molecule has 1 fully saturated rings. The Bertz CT molecular complexity index is 243. The van der Waals surface area contributed by atoms with Gasteiger partial charge in [0.15, 0.2) is 0 Å². The highest BCUT2D eigenvalue weighted by molar-refractivity contribution is 6.35. The zero-order valence-electron chi connectivity index (χ0n) is 8.06. The van der Waals surface area contributed by atoms with Crippen LogP contribution in [-0.2, 0) is 9.59 Å². The molecule has 0 N–H and O–H groups in total. The Morgan fingerprint density at radius 2 is 1.79 bits per heavy atom. The van der Waals surface area contributed by atoms with E-state index in [9.17, 15) is 18.4 Å². The molecule has 14 heavy (non-hydrogen) atoms. The summed E-state index contributed by atoms with van der Waals surface area (Å²) < 4.78 is 25.4. The molecule has 0 unspecified atom stereocenters. The number of hydrogen-bond donors (Lipinski definition) is 0. The lowest BCUT2D eigenvalue weighted by Crippen LogP contribution is -2.45. The summed E-state index contributed by atoms with van der Waals surface area (Å²) in [7, 11) is 0. The van der Waals surface area contributed by atoms with Crippen LogP contribution in [0.2, 0.25) is 0 Å². The number of ketones is 1. The van der Waals surface area contributed by atoms with Crippen molar-refractivity contribution in [3.05, 3.63) is 0 Å². The summed E-state index contributed by atoms with van der Waals surface area (Å²) in [5, 5.41) is 0. The van der Waals surface area contributed by atoms with Crippen molar-refractivity contribution in [1.82, 2.24) is 4.90 Å². The predicted molar refractivity (Wildman–Crippen MR) is 46.1 cm³/mol. The van der Waals surface area contributed by atoms with Gasteiger partial charge >= 0.3 is 0 Å². The molecule has 80 valence electrons. The van der Waals surface area contributed by atoms with Gasteiger partial charge in [0.05, 0.1) is 0 Å². The smallest absolute Gasteiger partial charge is 0.289 e. The summed E-state index contributed by atoms with van der Waals surface area (Å²) in [6, 6.07) is 0. The fraction of sp³-hybridized carbons (Fsp3) is 0.778. The van der Waals surface area contributed by atoms with E-state index in [0.29, 0.717) is 0 Å². The molecule has 0 aromatic carbocycles. The maximum Gasteiger partial charge on any atom is 0.289 e. The van der Waals surface area contributed by atoms with Crippen LogP contribution in [-0.4, -0.2) is 35.6 Å². The Morgan fingerprint density at radius 1 is 1.29 bits per heavy atom. The van der Waals surface area contributed by atoms with Gasteiger partial charge in [-0.2, -0.15) is 0 Å². The van der Waals surface area contributed by atoms with Crippen molar-refractivity contribution < 1.29 is 18.4 Å². The third-order valence-corrected chi connectivity index (χ3v) is 2.34. The number of likely N-dealkylation sites (tertiary alicyclic amines) is 1. The van der Waals surface area contributed by atoms with E-state index >= 15 is 0 Å². The van der Waals surface area contributed by atoms with Gasteiger partial charge in [0.1, 0.15) is 0 Å². The topological polar surface area (TPSA) is 37.4 Å². The van der Waals surface area contributed by atoms with Crippen molar-refractivity contribution in [2.24, 2.45) is 0 Å². The monoisotopic (exact) mass is 205 g/mol. The lowest BCUT2D eigenvalue weighted by atomic mass is 10.1. The SMILES string of the molecule is CCC(=O)C(=O)N1CCC(F)(F)CC1. The quantitative estimate of drug-likeness (QED) is 0.636. The standard InChI is InChI=1S/C9H13F2NO2/c1-2-7(13)8(14)12-5-3-9(10,11)4-6-12/h2-6H2,1H3. The van der Waals surface area contributed by atoms with Crippen molar-refractivity contribution in [1.29, 1.82) is 0 Å². The number of halogens is 2. The van der Waals surface area contributed by atoms with E-state index in [2.05, 4.69) is 0 Å². The lowest BCUT2D eigenvalue weighted by Gasteiger charge is -2.31. The fourth-order valence-corrected chi connectivity index (χ4v) is 1.36. The Labute approximate surface area is 81.1 Å². The second-order valence-electron chi connectivity index (χ2n) is 3.42. The van der Waals surface area contributed by atoms with E-state index in [4.69, 9.17) is 0 Å². The van der Waals surface area contributed by atoms with Crippen LogP contribution in [0, 0.1) is 0 Å².